The van der Waals surface area contributed by atoms with E-state index in [-0.39, 0.29) is 47.7 Å². The van der Waals surface area contributed by atoms with Crippen molar-refractivity contribution in [1.29, 1.82) is 0 Å². The molecular weight excluding hydrogens is 704 g/mol. The standard InChI is InChI=1S/C35H35BrN10O4/c1-5-7-29-42-43-30(50-29)11-21-8-9-28(36)40-33(21)41-34(49)25-13-35(10-6-2)14-27(35)46(25)31(48)18-45-26-17-39-24(22-15-37-20(4)38-16-22)12-23(26)32(44-45)19(3)47/h6,8-10,12,15-17,25,27H,5,7,11,13-14,18H2,1-4H3,(H,40,41,49)/b10-6+/t25-,27+,35-/m0/s1. The molecule has 5 aromatic rings. The largest absolute Gasteiger partial charge is 0.425 e. The van der Waals surface area contributed by atoms with Gasteiger partial charge in [0, 0.05) is 53.7 Å². The monoisotopic (exact) mass is 738 g/mol. The van der Waals surface area contributed by atoms with Gasteiger partial charge in [-0.25, -0.2) is 15.0 Å². The van der Waals surface area contributed by atoms with Crippen LogP contribution in [0.15, 0.2) is 58.0 Å². The van der Waals surface area contributed by atoms with Gasteiger partial charge in [-0.3, -0.25) is 24.0 Å². The predicted octanol–water partition coefficient (Wildman–Crippen LogP) is 5.06. The van der Waals surface area contributed by atoms with Crippen LogP contribution in [0.4, 0.5) is 5.82 Å². The van der Waals surface area contributed by atoms with Crippen LogP contribution in [0.25, 0.3) is 22.2 Å². The molecule has 50 heavy (non-hydrogen) atoms. The Balaban J connectivity index is 1.16. The quantitative estimate of drug-likeness (QED) is 0.109. The van der Waals surface area contributed by atoms with E-state index >= 15 is 0 Å². The average Bonchev–Trinajstić information content (AvgIpc) is 3.36. The molecule has 0 aromatic carbocycles. The molecular formula is C35H35BrN10O4. The van der Waals surface area contributed by atoms with Crippen LogP contribution in [0.5, 0.6) is 0 Å². The smallest absolute Gasteiger partial charge is 0.248 e. The molecule has 15 heteroatoms. The molecule has 2 amide bonds. The number of aromatic nitrogens is 8. The summed E-state index contributed by atoms with van der Waals surface area (Å²) in [6.45, 7) is 7.03. The molecule has 0 bridgehead atoms. The Morgan fingerprint density at radius 3 is 2.62 bits per heavy atom. The fourth-order valence-corrected chi connectivity index (χ4v) is 7.12. The lowest BCUT2D eigenvalue weighted by Gasteiger charge is -2.27. The molecule has 1 saturated carbocycles. The average molecular weight is 740 g/mol. The number of carbonyl (C=O) groups excluding carboxylic acids is 3. The lowest BCUT2D eigenvalue weighted by atomic mass is 9.98. The minimum absolute atomic E-state index is 0.146. The first-order valence-electron chi connectivity index (χ1n) is 16.5. The molecule has 0 unspecified atom stereocenters. The van der Waals surface area contributed by atoms with E-state index in [1.165, 1.54) is 11.6 Å². The fourth-order valence-electron chi connectivity index (χ4n) is 6.81. The number of carbonyl (C=O) groups is 3. The minimum atomic E-state index is -0.758. The van der Waals surface area contributed by atoms with Gasteiger partial charge >= 0.3 is 0 Å². The second kappa shape index (κ2) is 13.3. The Kier molecular flexibility index (Phi) is 8.84. The first-order chi connectivity index (χ1) is 24.1. The summed E-state index contributed by atoms with van der Waals surface area (Å²) in [6, 6.07) is 4.48. The highest BCUT2D eigenvalue weighted by Gasteiger charge is 2.65. The summed E-state index contributed by atoms with van der Waals surface area (Å²) in [4.78, 5) is 60.3. The number of ketones is 1. The second-order valence-electron chi connectivity index (χ2n) is 12.8. The molecule has 1 aliphatic carbocycles. The number of likely N-dealkylation sites (tertiary alicyclic amines) is 1. The summed E-state index contributed by atoms with van der Waals surface area (Å²) < 4.78 is 7.83. The number of halogens is 1. The number of fused-ring (bicyclic) bond motifs is 2. The summed E-state index contributed by atoms with van der Waals surface area (Å²) in [6.07, 6.45) is 12.1. The summed E-state index contributed by atoms with van der Waals surface area (Å²) in [5.74, 6) is 1.08. The normalized spacial score (nSPS) is 19.7. The Morgan fingerprint density at radius 2 is 1.88 bits per heavy atom. The van der Waals surface area contributed by atoms with Crippen molar-refractivity contribution in [2.24, 2.45) is 5.41 Å². The summed E-state index contributed by atoms with van der Waals surface area (Å²) >= 11 is 3.42. The third-order valence-corrected chi connectivity index (χ3v) is 9.69. The van der Waals surface area contributed by atoms with E-state index < -0.39 is 6.04 Å². The van der Waals surface area contributed by atoms with Gasteiger partial charge < -0.3 is 14.6 Å². The van der Waals surface area contributed by atoms with Gasteiger partial charge in [-0.05, 0) is 61.2 Å². The van der Waals surface area contributed by atoms with Crippen molar-refractivity contribution in [3.63, 3.8) is 0 Å². The van der Waals surface area contributed by atoms with Gasteiger partial charge in [0.25, 0.3) is 0 Å². The Bertz CT molecular complexity index is 2160. The molecule has 6 heterocycles. The molecule has 1 saturated heterocycles. The summed E-state index contributed by atoms with van der Waals surface area (Å²) in [7, 11) is 0. The third kappa shape index (κ3) is 6.32. The van der Waals surface area contributed by atoms with Gasteiger partial charge in [0.2, 0.25) is 23.6 Å². The van der Waals surface area contributed by atoms with Crippen LogP contribution < -0.4 is 5.32 Å². The van der Waals surface area contributed by atoms with Crippen LogP contribution in [0.2, 0.25) is 0 Å². The van der Waals surface area contributed by atoms with E-state index in [1.807, 2.05) is 26.0 Å². The number of amides is 2. The number of rotatable bonds is 11. The van der Waals surface area contributed by atoms with Crippen LogP contribution in [0, 0.1) is 12.3 Å². The van der Waals surface area contributed by atoms with Crippen molar-refractivity contribution < 1.29 is 18.8 Å². The van der Waals surface area contributed by atoms with Gasteiger partial charge in [0.05, 0.1) is 23.8 Å². The maximum atomic E-state index is 14.2. The number of Topliss-reactive ketones (excluding diaryl/α,β-unsaturated/α-hetero) is 1. The molecule has 14 nitrogen and oxygen atoms in total. The lowest BCUT2D eigenvalue weighted by Crippen LogP contribution is -2.47. The van der Waals surface area contributed by atoms with Crippen LogP contribution in [0.3, 0.4) is 0 Å². The lowest BCUT2D eigenvalue weighted by molar-refractivity contribution is -0.138. The maximum absolute atomic E-state index is 14.2. The molecule has 2 aliphatic rings. The third-order valence-electron chi connectivity index (χ3n) is 9.24. The number of nitrogens with one attached hydrogen (secondary N) is 1. The molecule has 7 rings (SSSR count). The number of pyridine rings is 2. The number of hydrogen-bond acceptors (Lipinski definition) is 11. The zero-order valence-corrected chi connectivity index (χ0v) is 29.6. The number of anilines is 1. The van der Waals surface area contributed by atoms with Crippen molar-refractivity contribution in [2.75, 3.05) is 5.32 Å². The maximum Gasteiger partial charge on any atom is 0.248 e. The summed E-state index contributed by atoms with van der Waals surface area (Å²) in [5.41, 5.74) is 2.44. The SMILES string of the molecule is C/C=C/[C@@]12C[C@@H](C(=O)Nc3nc(Br)ccc3Cc3nnc(CCC)o3)N(C(=O)Cn3nc(C(C)=O)c4cc(-c5cnc(C)nc5)ncc43)[C@@H]1C2. The predicted molar refractivity (Wildman–Crippen MR) is 186 cm³/mol. The number of hydrogen-bond donors (Lipinski definition) is 1. The van der Waals surface area contributed by atoms with Gasteiger partial charge in [-0.2, -0.15) is 5.10 Å². The molecule has 0 spiro atoms. The number of allylic oxidation sites excluding steroid dienone is 1. The van der Waals surface area contributed by atoms with E-state index in [4.69, 9.17) is 4.42 Å². The second-order valence-corrected chi connectivity index (χ2v) is 13.6. The van der Waals surface area contributed by atoms with Crippen molar-refractivity contribution in [3.05, 3.63) is 82.4 Å². The van der Waals surface area contributed by atoms with E-state index in [1.54, 1.807) is 42.5 Å². The number of aryl methyl sites for hydroxylation is 2. The minimum Gasteiger partial charge on any atom is -0.425 e. The van der Waals surface area contributed by atoms with Crippen molar-refractivity contribution >= 4 is 50.2 Å². The van der Waals surface area contributed by atoms with Crippen LogP contribution in [-0.2, 0) is 29.0 Å². The molecule has 256 valence electrons. The highest BCUT2D eigenvalue weighted by atomic mass is 79.9. The molecule has 2 fully saturated rings. The van der Waals surface area contributed by atoms with E-state index in [0.717, 1.165) is 12.8 Å². The van der Waals surface area contributed by atoms with Crippen molar-refractivity contribution in [2.45, 2.75) is 78.4 Å². The Hall–Kier alpha value is -5.18. The highest BCUT2D eigenvalue weighted by molar-refractivity contribution is 9.10. The van der Waals surface area contributed by atoms with Crippen LogP contribution in [-0.4, -0.2) is 74.5 Å². The molecule has 1 aliphatic heterocycles. The number of piperidine rings is 1. The van der Waals surface area contributed by atoms with Crippen LogP contribution >= 0.6 is 15.9 Å². The molecule has 1 N–H and O–H groups in total. The first kappa shape index (κ1) is 33.3. The van der Waals surface area contributed by atoms with Crippen molar-refractivity contribution in [3.8, 4) is 11.3 Å². The van der Waals surface area contributed by atoms with Crippen LogP contribution in [0.1, 0.15) is 73.7 Å². The Labute approximate surface area is 296 Å². The molecule has 0 radical (unpaired) electrons. The van der Waals surface area contributed by atoms with Gasteiger partial charge in [0.1, 0.15) is 34.5 Å². The first-order valence-corrected chi connectivity index (χ1v) is 17.3. The molecule has 3 atom stereocenters. The van der Waals surface area contributed by atoms with E-state index in [0.29, 0.717) is 68.6 Å². The fraction of sp³-hybridized carbons (Fsp3) is 0.371. The van der Waals surface area contributed by atoms with Gasteiger partial charge in [0.15, 0.2) is 5.78 Å². The Morgan fingerprint density at radius 1 is 1.10 bits per heavy atom. The topological polar surface area (TPSA) is 175 Å². The molecule has 5 aromatic heterocycles. The highest BCUT2D eigenvalue weighted by Crippen LogP contribution is 2.60. The van der Waals surface area contributed by atoms with Crippen molar-refractivity contribution in [1.82, 2.24) is 44.8 Å². The summed E-state index contributed by atoms with van der Waals surface area (Å²) in [5, 5.41) is 16.4. The zero-order valence-electron chi connectivity index (χ0n) is 28.1. The van der Waals surface area contributed by atoms with Gasteiger partial charge in [-0.15, -0.1) is 10.2 Å². The van der Waals surface area contributed by atoms with E-state index in [9.17, 15) is 14.4 Å². The number of nitrogens with zero attached hydrogens (tertiary/aromatic N) is 9. The van der Waals surface area contributed by atoms with E-state index in [2.05, 4.69) is 62.6 Å². The zero-order chi connectivity index (χ0) is 35.2. The van der Waals surface area contributed by atoms with Gasteiger partial charge in [-0.1, -0.05) is 25.1 Å².